The molecule has 0 aromatic heterocycles. The fourth-order valence-corrected chi connectivity index (χ4v) is 1.86. The van der Waals surface area contributed by atoms with Crippen LogP contribution in [0.3, 0.4) is 0 Å². The number of carbonyl (C=O) groups excluding carboxylic acids is 2. The zero-order valence-electron chi connectivity index (χ0n) is 12.9. The third-order valence-corrected chi connectivity index (χ3v) is 3.08. The van der Waals surface area contributed by atoms with Gasteiger partial charge in [-0.15, -0.1) is 0 Å². The van der Waals surface area contributed by atoms with Crippen molar-refractivity contribution in [3.63, 3.8) is 0 Å². The predicted molar refractivity (Wildman–Crippen MR) is 75.6 cm³/mol. The molecular weight excluding hydrogens is 315 g/mol. The summed E-state index contributed by atoms with van der Waals surface area (Å²) in [6.07, 6.45) is -4.72. The highest BCUT2D eigenvalue weighted by Gasteiger charge is 2.30. The molecule has 0 bridgehead atoms. The molecule has 0 aliphatic carbocycles. The van der Waals surface area contributed by atoms with Gasteiger partial charge in [-0.25, -0.2) is 0 Å². The number of rotatable bonds is 7. The summed E-state index contributed by atoms with van der Waals surface area (Å²) < 4.78 is 47.4. The summed E-state index contributed by atoms with van der Waals surface area (Å²) in [6, 6.07) is 4.53. The molecule has 128 valence electrons. The van der Waals surface area contributed by atoms with Gasteiger partial charge in [-0.1, -0.05) is 18.2 Å². The van der Waals surface area contributed by atoms with Crippen LogP contribution < -0.4 is 0 Å². The van der Waals surface area contributed by atoms with Gasteiger partial charge in [0.25, 0.3) is 0 Å². The highest BCUT2D eigenvalue weighted by Crippen LogP contribution is 2.29. The first-order valence-electron chi connectivity index (χ1n) is 6.77. The number of halogens is 3. The van der Waals surface area contributed by atoms with Crippen molar-refractivity contribution < 1.29 is 32.2 Å². The Labute approximate surface area is 132 Å². The number of alkyl halides is 3. The standard InChI is InChI=1S/C15H18F3NO4/c1-22-7-6-19(10-14(21)23-2)13(20)9-11-4-3-5-12(8-11)15(16,17)18/h3-5,8H,6-7,9-10H2,1-2H3. The van der Waals surface area contributed by atoms with E-state index in [1.165, 1.54) is 31.3 Å². The number of hydrogen-bond acceptors (Lipinski definition) is 4. The fraction of sp³-hybridized carbons (Fsp3) is 0.467. The average Bonchev–Trinajstić information content (AvgIpc) is 2.50. The molecule has 0 radical (unpaired) electrons. The number of hydrogen-bond donors (Lipinski definition) is 0. The first kappa shape index (κ1) is 19.0. The zero-order chi connectivity index (χ0) is 17.5. The molecule has 0 heterocycles. The van der Waals surface area contributed by atoms with Gasteiger partial charge in [0, 0.05) is 13.7 Å². The van der Waals surface area contributed by atoms with E-state index in [2.05, 4.69) is 4.74 Å². The van der Waals surface area contributed by atoms with E-state index in [1.807, 2.05) is 0 Å². The van der Waals surface area contributed by atoms with Crippen LogP contribution in [-0.2, 0) is 31.7 Å². The normalized spacial score (nSPS) is 11.2. The van der Waals surface area contributed by atoms with E-state index in [4.69, 9.17) is 4.74 Å². The Morgan fingerprint density at radius 2 is 1.91 bits per heavy atom. The van der Waals surface area contributed by atoms with Gasteiger partial charge in [-0.3, -0.25) is 9.59 Å². The quantitative estimate of drug-likeness (QED) is 0.715. The number of amides is 1. The van der Waals surface area contributed by atoms with E-state index >= 15 is 0 Å². The molecule has 8 heteroatoms. The molecule has 0 aliphatic heterocycles. The Bertz CT molecular complexity index is 546. The van der Waals surface area contributed by atoms with Crippen LogP contribution in [0.4, 0.5) is 13.2 Å². The first-order chi connectivity index (χ1) is 10.8. The number of nitrogens with zero attached hydrogens (tertiary/aromatic N) is 1. The maximum Gasteiger partial charge on any atom is 0.416 e. The Morgan fingerprint density at radius 3 is 2.48 bits per heavy atom. The second-order valence-corrected chi connectivity index (χ2v) is 4.76. The molecule has 0 atom stereocenters. The number of methoxy groups -OCH3 is 2. The lowest BCUT2D eigenvalue weighted by Crippen LogP contribution is -2.39. The largest absolute Gasteiger partial charge is 0.468 e. The zero-order valence-corrected chi connectivity index (χ0v) is 12.9. The lowest BCUT2D eigenvalue weighted by molar-refractivity contribution is -0.147. The van der Waals surface area contributed by atoms with Crippen molar-refractivity contribution in [3.05, 3.63) is 35.4 Å². The summed E-state index contributed by atoms with van der Waals surface area (Å²) in [5.74, 6) is -1.09. The van der Waals surface area contributed by atoms with Crippen LogP contribution in [0.5, 0.6) is 0 Å². The molecule has 23 heavy (non-hydrogen) atoms. The van der Waals surface area contributed by atoms with E-state index in [1.54, 1.807) is 0 Å². The van der Waals surface area contributed by atoms with Crippen LogP contribution in [0.1, 0.15) is 11.1 Å². The van der Waals surface area contributed by atoms with Crippen molar-refractivity contribution in [3.8, 4) is 0 Å². The summed E-state index contributed by atoms with van der Waals surface area (Å²) in [4.78, 5) is 24.7. The van der Waals surface area contributed by atoms with Crippen LogP contribution >= 0.6 is 0 Å². The van der Waals surface area contributed by atoms with Gasteiger partial charge in [-0.2, -0.15) is 13.2 Å². The van der Waals surface area contributed by atoms with Gasteiger partial charge >= 0.3 is 12.1 Å². The van der Waals surface area contributed by atoms with E-state index < -0.39 is 23.6 Å². The summed E-state index contributed by atoms with van der Waals surface area (Å²) in [7, 11) is 2.63. The lowest BCUT2D eigenvalue weighted by atomic mass is 10.1. The summed E-state index contributed by atoms with van der Waals surface area (Å²) in [6.45, 7) is 0.0619. The molecule has 5 nitrogen and oxygen atoms in total. The van der Waals surface area contributed by atoms with E-state index in [9.17, 15) is 22.8 Å². The number of benzene rings is 1. The van der Waals surface area contributed by atoms with E-state index in [0.29, 0.717) is 0 Å². The third kappa shape index (κ3) is 6.27. The van der Waals surface area contributed by atoms with Crippen molar-refractivity contribution in [1.29, 1.82) is 0 Å². The monoisotopic (exact) mass is 333 g/mol. The van der Waals surface area contributed by atoms with E-state index in [0.717, 1.165) is 12.1 Å². The van der Waals surface area contributed by atoms with Crippen LogP contribution in [0.25, 0.3) is 0 Å². The number of esters is 1. The number of ether oxygens (including phenoxy) is 2. The SMILES string of the molecule is COCCN(CC(=O)OC)C(=O)Cc1cccc(C(F)(F)F)c1. The Kier molecular flexibility index (Phi) is 7.02. The van der Waals surface area contributed by atoms with E-state index in [-0.39, 0.29) is 31.7 Å². The molecule has 0 unspecified atom stereocenters. The molecule has 0 aliphatic rings. The van der Waals surface area contributed by atoms with Gasteiger partial charge in [0.1, 0.15) is 6.54 Å². The Morgan fingerprint density at radius 1 is 1.22 bits per heavy atom. The van der Waals surface area contributed by atoms with Crippen LogP contribution in [0.2, 0.25) is 0 Å². The smallest absolute Gasteiger partial charge is 0.416 e. The summed E-state index contributed by atoms with van der Waals surface area (Å²) >= 11 is 0. The number of carbonyl (C=O) groups is 2. The van der Waals surface area contributed by atoms with Crippen molar-refractivity contribution in [2.45, 2.75) is 12.6 Å². The topological polar surface area (TPSA) is 55.8 Å². The third-order valence-electron chi connectivity index (χ3n) is 3.08. The minimum Gasteiger partial charge on any atom is -0.468 e. The molecule has 1 amide bonds. The van der Waals surface area contributed by atoms with Gasteiger partial charge in [0.15, 0.2) is 0 Å². The predicted octanol–water partition coefficient (Wildman–Crippen LogP) is 1.90. The van der Waals surface area contributed by atoms with Crippen molar-refractivity contribution in [2.24, 2.45) is 0 Å². The first-order valence-corrected chi connectivity index (χ1v) is 6.77. The average molecular weight is 333 g/mol. The molecule has 1 rings (SSSR count). The van der Waals surface area contributed by atoms with Crippen LogP contribution in [0.15, 0.2) is 24.3 Å². The van der Waals surface area contributed by atoms with Gasteiger partial charge in [0.2, 0.25) is 5.91 Å². The molecular formula is C15H18F3NO4. The van der Waals surface area contributed by atoms with Gasteiger partial charge < -0.3 is 14.4 Å². The lowest BCUT2D eigenvalue weighted by Gasteiger charge is -2.21. The van der Waals surface area contributed by atoms with Crippen LogP contribution in [0, 0.1) is 0 Å². The second-order valence-electron chi connectivity index (χ2n) is 4.76. The minimum atomic E-state index is -4.47. The molecule has 0 fully saturated rings. The summed E-state index contributed by atoms with van der Waals surface area (Å²) in [5.41, 5.74) is -0.601. The minimum absolute atomic E-state index is 0.142. The molecule has 0 saturated heterocycles. The second kappa shape index (κ2) is 8.52. The Balaban J connectivity index is 2.83. The maximum absolute atomic E-state index is 12.7. The van der Waals surface area contributed by atoms with Crippen molar-refractivity contribution >= 4 is 11.9 Å². The molecule has 1 aromatic rings. The molecule has 0 saturated carbocycles. The Hall–Kier alpha value is -2.09. The highest BCUT2D eigenvalue weighted by atomic mass is 19.4. The maximum atomic E-state index is 12.7. The van der Waals surface area contributed by atoms with Crippen LogP contribution in [-0.4, -0.2) is 50.7 Å². The molecule has 0 spiro atoms. The van der Waals surface area contributed by atoms with Crippen molar-refractivity contribution in [1.82, 2.24) is 4.90 Å². The molecule has 1 aromatic carbocycles. The highest BCUT2D eigenvalue weighted by molar-refractivity contribution is 5.83. The fourth-order valence-electron chi connectivity index (χ4n) is 1.86. The van der Waals surface area contributed by atoms with Gasteiger partial charge in [0.05, 0.1) is 25.7 Å². The van der Waals surface area contributed by atoms with Crippen molar-refractivity contribution in [2.75, 3.05) is 33.9 Å². The van der Waals surface area contributed by atoms with Gasteiger partial charge in [-0.05, 0) is 11.6 Å². The summed E-state index contributed by atoms with van der Waals surface area (Å²) in [5, 5.41) is 0. The molecule has 0 N–H and O–H groups in total.